The quantitative estimate of drug-likeness (QED) is 0.885. The minimum Gasteiger partial charge on any atom is -0.472 e. The minimum atomic E-state index is -1.28. The number of hydrogen-bond donors (Lipinski definition) is 2. The largest absolute Gasteiger partial charge is 0.472 e. The third-order valence-corrected chi connectivity index (χ3v) is 3.05. The number of furan rings is 1. The summed E-state index contributed by atoms with van der Waals surface area (Å²) < 4.78 is 10.8. The molecule has 2 N–H and O–H groups in total. The smallest absolute Gasteiger partial charge is 0.252 e. The highest BCUT2D eigenvalue weighted by molar-refractivity contribution is 5.93. The number of carbonyl (C=O) groups excluding carboxylic acids is 1. The van der Waals surface area contributed by atoms with Gasteiger partial charge in [-0.2, -0.15) is 0 Å². The topological polar surface area (TPSA) is 84.6 Å². The summed E-state index contributed by atoms with van der Waals surface area (Å²) in [7, 11) is 0. The number of aliphatic hydroxyl groups is 1. The molecule has 0 bridgehead atoms. The molecule has 1 unspecified atom stereocenters. The Labute approximate surface area is 135 Å². The maximum atomic E-state index is 12.1. The normalized spacial score (nSPS) is 14.1. The number of carbonyl (C=O) groups is 1. The van der Waals surface area contributed by atoms with E-state index in [4.69, 9.17) is 9.15 Å². The Balaban J connectivity index is 1.96. The summed E-state index contributed by atoms with van der Waals surface area (Å²) in [5, 5.41) is 13.0. The van der Waals surface area contributed by atoms with Gasteiger partial charge in [0.2, 0.25) is 5.88 Å². The average molecular weight is 318 g/mol. The molecule has 0 fully saturated rings. The van der Waals surface area contributed by atoms with Crippen LogP contribution in [0.15, 0.2) is 41.1 Å². The second-order valence-electron chi connectivity index (χ2n) is 6.53. The van der Waals surface area contributed by atoms with Crippen molar-refractivity contribution in [1.82, 2.24) is 10.3 Å². The Morgan fingerprint density at radius 1 is 1.30 bits per heavy atom. The Bertz CT molecular complexity index is 640. The monoisotopic (exact) mass is 318 g/mol. The summed E-state index contributed by atoms with van der Waals surface area (Å²) in [6, 6.07) is 6.62. The van der Waals surface area contributed by atoms with E-state index in [9.17, 15) is 9.90 Å². The lowest BCUT2D eigenvalue weighted by Gasteiger charge is -2.21. The molecule has 6 nitrogen and oxygen atoms in total. The zero-order chi connectivity index (χ0) is 17.1. The lowest BCUT2D eigenvalue weighted by molar-refractivity contribution is 0.0330. The first kappa shape index (κ1) is 17.0. The van der Waals surface area contributed by atoms with Crippen molar-refractivity contribution in [1.29, 1.82) is 0 Å². The predicted octanol–water partition coefficient (Wildman–Crippen LogP) is 2.49. The maximum absolute atomic E-state index is 12.1. The van der Waals surface area contributed by atoms with Gasteiger partial charge in [0.05, 0.1) is 18.4 Å². The van der Waals surface area contributed by atoms with Crippen LogP contribution in [0.4, 0.5) is 0 Å². The standard InChI is InChI=1S/C17H22N2O4/c1-16(2,3)23-14-8-7-12(10-18-14)15(20)19-11-17(4,21)13-6-5-9-22-13/h5-10,21H,11H2,1-4H3,(H,19,20). The first-order chi connectivity index (χ1) is 10.7. The Kier molecular flexibility index (Phi) is 4.75. The SMILES string of the molecule is CC(C)(C)Oc1ccc(C(=O)NCC(C)(O)c2ccco2)cn1. The lowest BCUT2D eigenvalue weighted by atomic mass is 10.0. The number of rotatable bonds is 5. The zero-order valence-corrected chi connectivity index (χ0v) is 13.8. The fourth-order valence-electron chi connectivity index (χ4n) is 1.92. The third kappa shape index (κ3) is 4.82. The van der Waals surface area contributed by atoms with Crippen LogP contribution < -0.4 is 10.1 Å². The number of aromatic nitrogens is 1. The van der Waals surface area contributed by atoms with Crippen LogP contribution in [0, 0.1) is 0 Å². The molecule has 0 saturated carbocycles. The second-order valence-corrected chi connectivity index (χ2v) is 6.53. The maximum Gasteiger partial charge on any atom is 0.252 e. The molecule has 0 aromatic carbocycles. The van der Waals surface area contributed by atoms with Gasteiger partial charge in [-0.1, -0.05) is 0 Å². The molecule has 124 valence electrons. The molecule has 0 saturated heterocycles. The van der Waals surface area contributed by atoms with Gasteiger partial charge in [0.1, 0.15) is 17.0 Å². The molecule has 0 aliphatic rings. The summed E-state index contributed by atoms with van der Waals surface area (Å²) in [6.45, 7) is 7.37. The van der Waals surface area contributed by atoms with Gasteiger partial charge in [0.25, 0.3) is 5.91 Å². The molecule has 1 amide bonds. The summed E-state index contributed by atoms with van der Waals surface area (Å²) in [6.07, 6.45) is 2.92. The van der Waals surface area contributed by atoms with Crippen molar-refractivity contribution in [3.8, 4) is 5.88 Å². The van der Waals surface area contributed by atoms with Crippen LogP contribution in [0.5, 0.6) is 5.88 Å². The summed E-state index contributed by atoms with van der Waals surface area (Å²) >= 11 is 0. The van der Waals surface area contributed by atoms with E-state index in [1.54, 1.807) is 31.2 Å². The number of nitrogens with one attached hydrogen (secondary N) is 1. The highest BCUT2D eigenvalue weighted by Crippen LogP contribution is 2.20. The highest BCUT2D eigenvalue weighted by Gasteiger charge is 2.27. The van der Waals surface area contributed by atoms with Crippen LogP contribution in [0.25, 0.3) is 0 Å². The molecule has 0 aliphatic carbocycles. The van der Waals surface area contributed by atoms with Gasteiger partial charge in [0.15, 0.2) is 0 Å². The van der Waals surface area contributed by atoms with Crippen molar-refractivity contribution in [2.75, 3.05) is 6.54 Å². The molecule has 2 heterocycles. The van der Waals surface area contributed by atoms with E-state index in [0.29, 0.717) is 17.2 Å². The van der Waals surface area contributed by atoms with Gasteiger partial charge in [-0.25, -0.2) is 4.98 Å². The molecular formula is C17H22N2O4. The number of hydrogen-bond acceptors (Lipinski definition) is 5. The average Bonchev–Trinajstić information content (AvgIpc) is 2.99. The van der Waals surface area contributed by atoms with Crippen LogP contribution >= 0.6 is 0 Å². The molecule has 0 spiro atoms. The Morgan fingerprint density at radius 3 is 2.57 bits per heavy atom. The molecule has 6 heteroatoms. The molecular weight excluding hydrogens is 296 g/mol. The molecule has 1 atom stereocenters. The van der Waals surface area contributed by atoms with Crippen LogP contribution in [-0.4, -0.2) is 28.1 Å². The van der Waals surface area contributed by atoms with Gasteiger partial charge in [0, 0.05) is 12.3 Å². The predicted molar refractivity (Wildman–Crippen MR) is 85.2 cm³/mol. The number of nitrogens with zero attached hydrogens (tertiary/aromatic N) is 1. The van der Waals surface area contributed by atoms with Crippen molar-refractivity contribution in [3.05, 3.63) is 48.0 Å². The van der Waals surface area contributed by atoms with Crippen molar-refractivity contribution in [2.24, 2.45) is 0 Å². The van der Waals surface area contributed by atoms with Gasteiger partial charge < -0.3 is 19.6 Å². The fourth-order valence-corrected chi connectivity index (χ4v) is 1.92. The van der Waals surface area contributed by atoms with E-state index in [1.165, 1.54) is 12.5 Å². The minimum absolute atomic E-state index is 0.0274. The second kappa shape index (κ2) is 6.42. The van der Waals surface area contributed by atoms with E-state index in [0.717, 1.165) is 0 Å². The van der Waals surface area contributed by atoms with E-state index >= 15 is 0 Å². The zero-order valence-electron chi connectivity index (χ0n) is 13.8. The van der Waals surface area contributed by atoms with Crippen LogP contribution in [0.1, 0.15) is 43.8 Å². The highest BCUT2D eigenvalue weighted by atomic mass is 16.5. The number of pyridine rings is 1. The Morgan fingerprint density at radius 2 is 2.04 bits per heavy atom. The van der Waals surface area contributed by atoms with E-state index in [1.807, 2.05) is 20.8 Å². The van der Waals surface area contributed by atoms with E-state index < -0.39 is 5.60 Å². The van der Waals surface area contributed by atoms with E-state index in [-0.39, 0.29) is 18.1 Å². The van der Waals surface area contributed by atoms with Crippen molar-refractivity contribution < 1.29 is 19.1 Å². The van der Waals surface area contributed by atoms with Gasteiger partial charge >= 0.3 is 0 Å². The van der Waals surface area contributed by atoms with Crippen LogP contribution in [0.3, 0.4) is 0 Å². The summed E-state index contributed by atoms with van der Waals surface area (Å²) in [5.74, 6) is 0.521. The summed E-state index contributed by atoms with van der Waals surface area (Å²) in [5.41, 5.74) is -1.23. The van der Waals surface area contributed by atoms with Gasteiger partial charge in [-0.15, -0.1) is 0 Å². The first-order valence-corrected chi connectivity index (χ1v) is 7.37. The molecule has 0 aliphatic heterocycles. The molecule has 0 radical (unpaired) electrons. The Hall–Kier alpha value is -2.34. The molecule has 2 rings (SSSR count). The van der Waals surface area contributed by atoms with E-state index in [2.05, 4.69) is 10.3 Å². The van der Waals surface area contributed by atoms with Gasteiger partial charge in [-0.3, -0.25) is 4.79 Å². The molecule has 23 heavy (non-hydrogen) atoms. The molecule has 2 aromatic rings. The third-order valence-electron chi connectivity index (χ3n) is 3.05. The van der Waals surface area contributed by atoms with Crippen molar-refractivity contribution in [3.63, 3.8) is 0 Å². The van der Waals surface area contributed by atoms with Gasteiger partial charge in [-0.05, 0) is 45.9 Å². The van der Waals surface area contributed by atoms with Crippen LogP contribution in [0.2, 0.25) is 0 Å². The van der Waals surface area contributed by atoms with Crippen molar-refractivity contribution >= 4 is 5.91 Å². The summed E-state index contributed by atoms with van der Waals surface area (Å²) in [4.78, 5) is 16.2. The van der Waals surface area contributed by atoms with Crippen molar-refractivity contribution in [2.45, 2.75) is 38.9 Å². The first-order valence-electron chi connectivity index (χ1n) is 7.37. The van der Waals surface area contributed by atoms with Crippen LogP contribution in [-0.2, 0) is 5.60 Å². The lowest BCUT2D eigenvalue weighted by Crippen LogP contribution is -2.38. The number of amides is 1. The number of ether oxygens (including phenoxy) is 1. The molecule has 2 aromatic heterocycles. The fraction of sp³-hybridized carbons (Fsp3) is 0.412.